The molecule has 1 aliphatic rings. The maximum absolute atomic E-state index is 12.5. The van der Waals surface area contributed by atoms with E-state index in [2.05, 4.69) is 19.9 Å². The van der Waals surface area contributed by atoms with Crippen molar-refractivity contribution in [2.75, 3.05) is 13.2 Å². The van der Waals surface area contributed by atoms with Gasteiger partial charge in [-0.1, -0.05) is 0 Å². The molecule has 0 saturated carbocycles. The van der Waals surface area contributed by atoms with E-state index in [1.54, 1.807) is 12.1 Å². The number of aromatic nitrogens is 5. The summed E-state index contributed by atoms with van der Waals surface area (Å²) in [5.41, 5.74) is 1.78. The number of hydrogen-bond acceptors (Lipinski definition) is 5. The van der Waals surface area contributed by atoms with E-state index in [-0.39, 0.29) is 18.6 Å². The Kier molecular flexibility index (Phi) is 3.22. The SMILES string of the molecule is CC1c2cccn2CCN1C(=O)COc1ccc2nncn2n1. The highest BCUT2D eigenvalue weighted by molar-refractivity contribution is 5.78. The Morgan fingerprint density at radius 3 is 3.17 bits per heavy atom. The average molecular weight is 312 g/mol. The van der Waals surface area contributed by atoms with Crippen LogP contribution in [0.1, 0.15) is 18.7 Å². The van der Waals surface area contributed by atoms with E-state index >= 15 is 0 Å². The summed E-state index contributed by atoms with van der Waals surface area (Å²) in [5, 5.41) is 11.8. The highest BCUT2D eigenvalue weighted by Crippen LogP contribution is 2.25. The first-order valence-corrected chi connectivity index (χ1v) is 7.47. The topological polar surface area (TPSA) is 77.5 Å². The summed E-state index contributed by atoms with van der Waals surface area (Å²) < 4.78 is 9.22. The maximum atomic E-state index is 12.5. The molecule has 4 rings (SSSR count). The Bertz CT molecular complexity index is 854. The lowest BCUT2D eigenvalue weighted by molar-refractivity contribution is -0.136. The highest BCUT2D eigenvalue weighted by atomic mass is 16.5. The Labute approximate surface area is 132 Å². The summed E-state index contributed by atoms with van der Waals surface area (Å²) in [7, 11) is 0. The summed E-state index contributed by atoms with van der Waals surface area (Å²) in [6.45, 7) is 3.49. The molecule has 0 aliphatic carbocycles. The van der Waals surface area contributed by atoms with Crippen molar-refractivity contribution in [3.8, 4) is 5.88 Å². The summed E-state index contributed by atoms with van der Waals surface area (Å²) in [6, 6.07) is 7.53. The molecule has 1 atom stereocenters. The molecule has 23 heavy (non-hydrogen) atoms. The fourth-order valence-corrected chi connectivity index (χ4v) is 2.93. The third-order valence-corrected chi connectivity index (χ3v) is 4.14. The molecule has 3 aromatic rings. The number of amides is 1. The van der Waals surface area contributed by atoms with Crippen LogP contribution in [-0.2, 0) is 11.3 Å². The van der Waals surface area contributed by atoms with Gasteiger partial charge < -0.3 is 14.2 Å². The van der Waals surface area contributed by atoms with E-state index in [0.29, 0.717) is 18.1 Å². The van der Waals surface area contributed by atoms with Crippen molar-refractivity contribution in [3.05, 3.63) is 42.5 Å². The largest absolute Gasteiger partial charge is 0.467 e. The lowest BCUT2D eigenvalue weighted by Gasteiger charge is -2.34. The zero-order valence-corrected chi connectivity index (χ0v) is 12.7. The third kappa shape index (κ3) is 2.41. The first-order valence-electron chi connectivity index (χ1n) is 7.47. The maximum Gasteiger partial charge on any atom is 0.261 e. The second-order valence-corrected chi connectivity index (χ2v) is 5.48. The monoisotopic (exact) mass is 312 g/mol. The molecule has 118 valence electrons. The van der Waals surface area contributed by atoms with Crippen LogP contribution < -0.4 is 4.74 Å². The van der Waals surface area contributed by atoms with E-state index in [9.17, 15) is 4.79 Å². The van der Waals surface area contributed by atoms with Gasteiger partial charge in [-0.2, -0.15) is 4.52 Å². The first-order chi connectivity index (χ1) is 11.2. The van der Waals surface area contributed by atoms with Crippen LogP contribution in [0.4, 0.5) is 0 Å². The molecule has 4 heterocycles. The molecule has 0 N–H and O–H groups in total. The van der Waals surface area contributed by atoms with Gasteiger partial charge >= 0.3 is 0 Å². The Balaban J connectivity index is 1.44. The van der Waals surface area contributed by atoms with Crippen LogP contribution in [0.3, 0.4) is 0 Å². The molecular formula is C15H16N6O2. The molecule has 1 aliphatic heterocycles. The summed E-state index contributed by atoms with van der Waals surface area (Å²) in [6.07, 6.45) is 3.54. The van der Waals surface area contributed by atoms with Crippen molar-refractivity contribution in [1.82, 2.24) is 29.3 Å². The van der Waals surface area contributed by atoms with Crippen molar-refractivity contribution >= 4 is 11.6 Å². The smallest absolute Gasteiger partial charge is 0.261 e. The van der Waals surface area contributed by atoms with E-state index in [1.165, 1.54) is 10.8 Å². The van der Waals surface area contributed by atoms with Crippen LogP contribution in [0.5, 0.6) is 5.88 Å². The van der Waals surface area contributed by atoms with Gasteiger partial charge in [0.05, 0.1) is 6.04 Å². The number of rotatable bonds is 3. The van der Waals surface area contributed by atoms with E-state index in [0.717, 1.165) is 12.2 Å². The molecule has 8 nitrogen and oxygen atoms in total. The predicted molar refractivity (Wildman–Crippen MR) is 80.8 cm³/mol. The number of hydrogen-bond donors (Lipinski definition) is 0. The number of carbonyl (C=O) groups is 1. The van der Waals surface area contributed by atoms with Crippen molar-refractivity contribution in [1.29, 1.82) is 0 Å². The minimum atomic E-state index is -0.0457. The third-order valence-electron chi connectivity index (χ3n) is 4.14. The first kappa shape index (κ1) is 13.7. The van der Waals surface area contributed by atoms with Crippen LogP contribution >= 0.6 is 0 Å². The van der Waals surface area contributed by atoms with Crippen molar-refractivity contribution in [2.45, 2.75) is 19.5 Å². The lowest BCUT2D eigenvalue weighted by Crippen LogP contribution is -2.42. The average Bonchev–Trinajstić information content (AvgIpc) is 3.21. The van der Waals surface area contributed by atoms with E-state index < -0.39 is 0 Å². The lowest BCUT2D eigenvalue weighted by atomic mass is 10.1. The molecule has 0 saturated heterocycles. The number of ether oxygens (including phenoxy) is 1. The predicted octanol–water partition coefficient (Wildman–Crippen LogP) is 0.908. The van der Waals surface area contributed by atoms with Crippen molar-refractivity contribution in [2.24, 2.45) is 0 Å². The van der Waals surface area contributed by atoms with Gasteiger partial charge in [-0.15, -0.1) is 15.3 Å². The van der Waals surface area contributed by atoms with Crippen LogP contribution in [0.25, 0.3) is 5.65 Å². The van der Waals surface area contributed by atoms with Crippen LogP contribution in [0, 0.1) is 0 Å². The highest BCUT2D eigenvalue weighted by Gasteiger charge is 2.27. The van der Waals surface area contributed by atoms with Crippen LogP contribution in [-0.4, -0.2) is 48.3 Å². The zero-order chi connectivity index (χ0) is 15.8. The molecule has 1 amide bonds. The van der Waals surface area contributed by atoms with Gasteiger partial charge in [0.1, 0.15) is 6.33 Å². The zero-order valence-electron chi connectivity index (χ0n) is 12.7. The summed E-state index contributed by atoms with van der Waals surface area (Å²) in [5.74, 6) is 0.328. The Morgan fingerprint density at radius 2 is 2.26 bits per heavy atom. The standard InChI is InChI=1S/C15H16N6O2/c1-11-12-3-2-6-19(12)7-8-20(11)15(22)9-23-14-5-4-13-17-16-10-21(13)18-14/h2-6,10-11H,7-9H2,1H3. The summed E-state index contributed by atoms with van der Waals surface area (Å²) >= 11 is 0. The molecule has 3 aromatic heterocycles. The van der Waals surface area contributed by atoms with Gasteiger partial charge in [0.2, 0.25) is 5.88 Å². The Hall–Kier alpha value is -2.90. The van der Waals surface area contributed by atoms with Gasteiger partial charge in [-0.25, -0.2) is 0 Å². The number of fused-ring (bicyclic) bond motifs is 2. The minimum absolute atomic E-state index is 0.0360. The normalized spacial score (nSPS) is 17.3. The molecule has 1 unspecified atom stereocenters. The Morgan fingerprint density at radius 1 is 1.35 bits per heavy atom. The van der Waals surface area contributed by atoms with Gasteiger partial charge in [0, 0.05) is 31.0 Å². The fourth-order valence-electron chi connectivity index (χ4n) is 2.93. The van der Waals surface area contributed by atoms with Crippen LogP contribution in [0.15, 0.2) is 36.8 Å². The second kappa shape index (κ2) is 5.38. The molecule has 0 fully saturated rings. The van der Waals surface area contributed by atoms with Crippen molar-refractivity contribution in [3.63, 3.8) is 0 Å². The van der Waals surface area contributed by atoms with Gasteiger partial charge in [0.15, 0.2) is 12.3 Å². The van der Waals surface area contributed by atoms with Gasteiger partial charge in [0.25, 0.3) is 5.91 Å². The van der Waals surface area contributed by atoms with E-state index in [4.69, 9.17) is 4.74 Å². The molecule has 0 bridgehead atoms. The summed E-state index contributed by atoms with van der Waals surface area (Å²) in [4.78, 5) is 14.3. The van der Waals surface area contributed by atoms with Crippen molar-refractivity contribution < 1.29 is 9.53 Å². The quantitative estimate of drug-likeness (QED) is 0.718. The second-order valence-electron chi connectivity index (χ2n) is 5.48. The van der Waals surface area contributed by atoms with Gasteiger partial charge in [-0.3, -0.25) is 4.79 Å². The molecule has 0 spiro atoms. The van der Waals surface area contributed by atoms with E-state index in [1.807, 2.05) is 30.2 Å². The number of nitrogens with zero attached hydrogens (tertiary/aromatic N) is 6. The molecule has 0 aromatic carbocycles. The number of carbonyl (C=O) groups excluding carboxylic acids is 1. The van der Waals surface area contributed by atoms with Gasteiger partial charge in [-0.05, 0) is 25.1 Å². The minimum Gasteiger partial charge on any atom is -0.467 e. The fraction of sp³-hybridized carbons (Fsp3) is 0.333. The molecular weight excluding hydrogens is 296 g/mol. The van der Waals surface area contributed by atoms with Crippen LogP contribution in [0.2, 0.25) is 0 Å². The molecule has 0 radical (unpaired) electrons. The molecule has 8 heteroatoms.